The van der Waals surface area contributed by atoms with Crippen LogP contribution in [0, 0.1) is 10.1 Å². The van der Waals surface area contributed by atoms with Crippen LogP contribution < -0.4 is 4.90 Å². The van der Waals surface area contributed by atoms with Crippen LogP contribution in [0.5, 0.6) is 0 Å². The first-order valence-electron chi connectivity index (χ1n) is 5.71. The Morgan fingerprint density at radius 2 is 1.95 bits per heavy atom. The zero-order valence-corrected chi connectivity index (χ0v) is 11.7. The van der Waals surface area contributed by atoms with Crippen LogP contribution in [0.1, 0.15) is 5.56 Å². The first kappa shape index (κ1) is 14.1. The van der Waals surface area contributed by atoms with Gasteiger partial charge in [-0.05, 0) is 11.6 Å². The van der Waals surface area contributed by atoms with E-state index in [0.717, 1.165) is 5.69 Å². The van der Waals surface area contributed by atoms with E-state index in [1.54, 1.807) is 6.07 Å². The maximum Gasteiger partial charge on any atom is 0.269 e. The molecule has 0 radical (unpaired) electrons. The lowest BCUT2D eigenvalue weighted by atomic mass is 10.1. The molecule has 0 atom stereocenters. The van der Waals surface area contributed by atoms with E-state index in [9.17, 15) is 18.5 Å². The van der Waals surface area contributed by atoms with Gasteiger partial charge < -0.3 is 4.90 Å². The average molecular weight is 305 g/mol. The Morgan fingerprint density at radius 1 is 1.32 bits per heavy atom. The third-order valence-corrected chi connectivity index (χ3v) is 5.00. The number of nitro benzene ring substituents is 1. The van der Waals surface area contributed by atoms with E-state index in [1.165, 1.54) is 12.1 Å². The molecule has 0 bridgehead atoms. The highest BCUT2D eigenvalue weighted by Crippen LogP contribution is 2.28. The molecule has 6 nitrogen and oxygen atoms in total. The molecular formula is C11H13ClN2O4S. The van der Waals surface area contributed by atoms with E-state index in [0.29, 0.717) is 18.7 Å². The molecule has 104 valence electrons. The van der Waals surface area contributed by atoms with Gasteiger partial charge in [0.25, 0.3) is 5.69 Å². The molecular weight excluding hydrogens is 292 g/mol. The van der Waals surface area contributed by atoms with Crippen molar-refractivity contribution in [2.24, 2.45) is 0 Å². The van der Waals surface area contributed by atoms with Gasteiger partial charge in [-0.15, -0.1) is 11.6 Å². The number of nitrogens with zero attached hydrogens (tertiary/aromatic N) is 2. The summed E-state index contributed by atoms with van der Waals surface area (Å²) in [6, 6.07) is 4.48. The first-order valence-corrected chi connectivity index (χ1v) is 8.07. The molecule has 19 heavy (non-hydrogen) atoms. The van der Waals surface area contributed by atoms with Crippen LogP contribution >= 0.6 is 11.6 Å². The first-order chi connectivity index (χ1) is 8.93. The summed E-state index contributed by atoms with van der Waals surface area (Å²) in [5, 5.41) is 10.7. The monoisotopic (exact) mass is 304 g/mol. The van der Waals surface area contributed by atoms with Gasteiger partial charge in [0, 0.05) is 36.8 Å². The maximum atomic E-state index is 11.4. The third kappa shape index (κ3) is 3.16. The van der Waals surface area contributed by atoms with E-state index in [-0.39, 0.29) is 23.1 Å². The summed E-state index contributed by atoms with van der Waals surface area (Å²) in [7, 11) is -2.95. The van der Waals surface area contributed by atoms with Crippen LogP contribution in [0.2, 0.25) is 0 Å². The molecule has 1 aliphatic rings. The molecule has 0 aromatic heterocycles. The van der Waals surface area contributed by atoms with Crippen molar-refractivity contribution in [3.63, 3.8) is 0 Å². The number of halogens is 1. The van der Waals surface area contributed by atoms with Gasteiger partial charge in [-0.2, -0.15) is 0 Å². The lowest BCUT2D eigenvalue weighted by molar-refractivity contribution is -0.384. The summed E-state index contributed by atoms with van der Waals surface area (Å²) in [5.74, 6) is 0.359. The molecule has 2 rings (SSSR count). The number of alkyl halides is 1. The van der Waals surface area contributed by atoms with Gasteiger partial charge in [0.2, 0.25) is 0 Å². The van der Waals surface area contributed by atoms with Crippen LogP contribution in [-0.2, 0) is 15.7 Å². The molecule has 1 aromatic carbocycles. The molecule has 1 heterocycles. The quantitative estimate of drug-likeness (QED) is 0.481. The van der Waals surface area contributed by atoms with Gasteiger partial charge in [0.15, 0.2) is 9.84 Å². The second kappa shape index (κ2) is 5.34. The number of benzene rings is 1. The number of nitro groups is 1. The van der Waals surface area contributed by atoms with Crippen molar-refractivity contribution in [3.8, 4) is 0 Å². The molecule has 1 saturated heterocycles. The van der Waals surface area contributed by atoms with Gasteiger partial charge in [-0.25, -0.2) is 8.42 Å². The Labute approximate surface area is 116 Å². The van der Waals surface area contributed by atoms with Crippen molar-refractivity contribution < 1.29 is 13.3 Å². The highest BCUT2D eigenvalue weighted by molar-refractivity contribution is 7.91. The number of anilines is 1. The highest BCUT2D eigenvalue weighted by Gasteiger charge is 2.23. The van der Waals surface area contributed by atoms with E-state index in [1.807, 2.05) is 4.90 Å². The maximum absolute atomic E-state index is 11.4. The minimum absolute atomic E-state index is 0.0102. The Balaban J connectivity index is 2.28. The van der Waals surface area contributed by atoms with Crippen molar-refractivity contribution in [2.45, 2.75) is 5.88 Å². The van der Waals surface area contributed by atoms with Crippen LogP contribution in [0.15, 0.2) is 18.2 Å². The van der Waals surface area contributed by atoms with Gasteiger partial charge >= 0.3 is 0 Å². The zero-order chi connectivity index (χ0) is 14.0. The minimum Gasteiger partial charge on any atom is -0.369 e. The minimum atomic E-state index is -2.95. The van der Waals surface area contributed by atoms with Crippen LogP contribution in [0.3, 0.4) is 0 Å². The Morgan fingerprint density at radius 3 is 2.47 bits per heavy atom. The summed E-state index contributed by atoms with van der Waals surface area (Å²) < 4.78 is 22.8. The topological polar surface area (TPSA) is 80.5 Å². The molecule has 1 fully saturated rings. The second-order valence-corrected chi connectivity index (χ2v) is 6.91. The zero-order valence-electron chi connectivity index (χ0n) is 10.1. The average Bonchev–Trinajstić information content (AvgIpc) is 2.38. The van der Waals surface area contributed by atoms with E-state index in [4.69, 9.17) is 11.6 Å². The van der Waals surface area contributed by atoms with Crippen molar-refractivity contribution in [2.75, 3.05) is 29.5 Å². The fourth-order valence-electron chi connectivity index (χ4n) is 2.05. The Bertz CT molecular complexity index is 589. The van der Waals surface area contributed by atoms with Crippen molar-refractivity contribution in [1.29, 1.82) is 0 Å². The van der Waals surface area contributed by atoms with E-state index in [2.05, 4.69) is 0 Å². The van der Waals surface area contributed by atoms with E-state index < -0.39 is 14.8 Å². The predicted molar refractivity (Wildman–Crippen MR) is 73.5 cm³/mol. The number of sulfone groups is 1. The third-order valence-electron chi connectivity index (χ3n) is 3.10. The fraction of sp³-hybridized carbons (Fsp3) is 0.455. The Kier molecular flexibility index (Phi) is 3.96. The molecule has 1 aromatic rings. The fourth-order valence-corrected chi connectivity index (χ4v) is 3.47. The lowest BCUT2D eigenvalue weighted by Crippen LogP contribution is -2.40. The van der Waals surface area contributed by atoms with Crippen molar-refractivity contribution >= 4 is 32.8 Å². The normalized spacial score (nSPS) is 18.3. The Hall–Kier alpha value is -1.34. The smallest absolute Gasteiger partial charge is 0.269 e. The molecule has 1 aliphatic heterocycles. The van der Waals surface area contributed by atoms with Gasteiger partial charge in [0.1, 0.15) is 0 Å². The lowest BCUT2D eigenvalue weighted by Gasteiger charge is -2.30. The van der Waals surface area contributed by atoms with Crippen LogP contribution in [0.25, 0.3) is 0 Å². The summed E-state index contributed by atoms with van der Waals surface area (Å²) in [6.45, 7) is 0.786. The highest BCUT2D eigenvalue weighted by atomic mass is 35.5. The molecule has 0 spiro atoms. The number of non-ortho nitro benzene ring substituents is 1. The number of hydrogen-bond donors (Lipinski definition) is 0. The summed E-state index contributed by atoms with van der Waals surface area (Å²) in [5.41, 5.74) is 1.41. The predicted octanol–water partition coefficient (Wildman–Crippen LogP) is 1.57. The molecule has 8 heteroatoms. The van der Waals surface area contributed by atoms with Crippen LogP contribution in [-0.4, -0.2) is 37.9 Å². The molecule has 0 amide bonds. The standard InChI is InChI=1S/C11H13ClN2O4S/c12-8-9-7-10(14(15)16)1-2-11(9)13-3-5-19(17,18)6-4-13/h1-2,7H,3-6,8H2. The second-order valence-electron chi connectivity index (χ2n) is 4.34. The molecule has 0 unspecified atom stereocenters. The van der Waals surface area contributed by atoms with E-state index >= 15 is 0 Å². The molecule has 0 N–H and O–H groups in total. The van der Waals surface area contributed by atoms with Gasteiger partial charge in [-0.3, -0.25) is 10.1 Å². The summed E-state index contributed by atoms with van der Waals surface area (Å²) >= 11 is 5.82. The van der Waals surface area contributed by atoms with Crippen molar-refractivity contribution in [1.82, 2.24) is 0 Å². The summed E-state index contributed by atoms with van der Waals surface area (Å²) in [6.07, 6.45) is 0. The van der Waals surface area contributed by atoms with Crippen LogP contribution in [0.4, 0.5) is 11.4 Å². The number of hydrogen-bond acceptors (Lipinski definition) is 5. The summed E-state index contributed by atoms with van der Waals surface area (Å²) in [4.78, 5) is 12.1. The number of rotatable bonds is 3. The molecule has 0 saturated carbocycles. The van der Waals surface area contributed by atoms with Gasteiger partial charge in [-0.1, -0.05) is 0 Å². The molecule has 0 aliphatic carbocycles. The largest absolute Gasteiger partial charge is 0.369 e. The van der Waals surface area contributed by atoms with Crippen molar-refractivity contribution in [3.05, 3.63) is 33.9 Å². The van der Waals surface area contributed by atoms with Gasteiger partial charge in [0.05, 0.1) is 16.4 Å². The SMILES string of the molecule is O=[N+]([O-])c1ccc(N2CCS(=O)(=O)CC2)c(CCl)c1.